The van der Waals surface area contributed by atoms with E-state index in [2.05, 4.69) is 0 Å². The van der Waals surface area contributed by atoms with E-state index in [-0.39, 0.29) is 13.3 Å². The molecule has 2 saturated carbocycles. The number of ether oxygens (including phenoxy) is 2. The Morgan fingerprint density at radius 1 is 0.964 bits per heavy atom. The molecule has 0 aromatic rings. The number of amides is 1. The number of methoxy groups -OCH3 is 1. The van der Waals surface area contributed by atoms with Crippen LogP contribution in [0.25, 0.3) is 0 Å². The molecule has 0 saturated heterocycles. The Hall–Kier alpha value is -0.940. The van der Waals surface area contributed by atoms with Crippen LogP contribution in [0.4, 0.5) is 0 Å². The lowest BCUT2D eigenvalue weighted by atomic mass is 9.83. The lowest BCUT2D eigenvalue weighted by Gasteiger charge is -2.27. The summed E-state index contributed by atoms with van der Waals surface area (Å²) in [5.41, 5.74) is 5.05. The van der Waals surface area contributed by atoms with Crippen LogP contribution in [0.5, 0.6) is 0 Å². The molecule has 2 N–H and O–H groups in total. The third kappa shape index (κ3) is 11.2. The van der Waals surface area contributed by atoms with Crippen LogP contribution >= 0.6 is 0 Å². The average molecular weight is 400 g/mol. The zero-order valence-corrected chi connectivity index (χ0v) is 18.4. The summed E-state index contributed by atoms with van der Waals surface area (Å²) in [6.07, 6.45) is 12.3. The van der Waals surface area contributed by atoms with E-state index in [9.17, 15) is 9.59 Å². The maximum atomic E-state index is 11.5. The molecule has 0 unspecified atom stereocenters. The number of rotatable bonds is 10. The summed E-state index contributed by atoms with van der Waals surface area (Å²) in [6, 6.07) is 0. The van der Waals surface area contributed by atoms with Crippen molar-refractivity contribution in [2.45, 2.75) is 84.5 Å². The highest BCUT2D eigenvalue weighted by molar-refractivity contribution is 5.82. The lowest BCUT2D eigenvalue weighted by Crippen LogP contribution is -2.21. The van der Waals surface area contributed by atoms with Gasteiger partial charge in [0.15, 0.2) is 0 Å². The molecule has 0 bridgehead atoms. The van der Waals surface area contributed by atoms with Gasteiger partial charge in [0.2, 0.25) is 5.91 Å². The minimum Gasteiger partial charge on any atom is -0.384 e. The van der Waals surface area contributed by atoms with Gasteiger partial charge in [-0.05, 0) is 56.8 Å². The Labute approximate surface area is 173 Å². The second kappa shape index (κ2) is 15.0. The van der Waals surface area contributed by atoms with E-state index >= 15 is 0 Å². The van der Waals surface area contributed by atoms with Crippen molar-refractivity contribution in [2.75, 3.05) is 26.9 Å². The van der Waals surface area contributed by atoms with Gasteiger partial charge >= 0.3 is 0 Å². The summed E-state index contributed by atoms with van der Waals surface area (Å²) in [7, 11) is 1.77. The second-order valence-corrected chi connectivity index (χ2v) is 8.88. The minimum atomic E-state index is -0.242. The topological polar surface area (TPSA) is 78.6 Å². The number of carbonyl (C=O) groups excluding carboxylic acids is 2. The number of ketones is 1. The minimum absolute atomic E-state index is 0. The van der Waals surface area contributed by atoms with Gasteiger partial charge in [-0.1, -0.05) is 33.1 Å². The summed E-state index contributed by atoms with van der Waals surface area (Å²) >= 11 is 0. The van der Waals surface area contributed by atoms with Gasteiger partial charge in [0.25, 0.3) is 0 Å². The number of primary amides is 1. The highest BCUT2D eigenvalue weighted by atomic mass is 16.5. The molecule has 0 aromatic heterocycles. The standard InChI is InChI=1S/C13H25NO3.C10H18O.H2/c1-16-9-11-4-6-12(7-5-11)10-17-8-2-3-13(14)15;1-8(2)10(11)9-6-4-3-5-7-9;/h11-12H,2-10H2,1H3,(H2,14,15);8-9H,3-7H2,1-2H3;1H. The SMILES string of the molecule is CC(C)C(=O)C1CCCCC1.COCC1CCC(COCCCC(N)=O)CC1.[HH]. The van der Waals surface area contributed by atoms with Gasteiger partial charge in [-0.3, -0.25) is 9.59 Å². The Morgan fingerprint density at radius 3 is 2.04 bits per heavy atom. The molecule has 2 aliphatic carbocycles. The van der Waals surface area contributed by atoms with E-state index in [0.29, 0.717) is 30.6 Å². The van der Waals surface area contributed by atoms with Gasteiger partial charge in [-0.25, -0.2) is 0 Å². The van der Waals surface area contributed by atoms with E-state index in [1.807, 2.05) is 13.8 Å². The van der Waals surface area contributed by atoms with Gasteiger partial charge < -0.3 is 15.2 Å². The predicted octanol–water partition coefficient (Wildman–Crippen LogP) is 4.76. The monoisotopic (exact) mass is 399 g/mol. The molecular weight excluding hydrogens is 354 g/mol. The van der Waals surface area contributed by atoms with Gasteiger partial charge in [0, 0.05) is 46.6 Å². The van der Waals surface area contributed by atoms with Crippen LogP contribution in [-0.2, 0) is 19.1 Å². The third-order valence-corrected chi connectivity index (χ3v) is 6.01. The van der Waals surface area contributed by atoms with Gasteiger partial charge in [0.1, 0.15) is 5.78 Å². The average Bonchev–Trinajstić information content (AvgIpc) is 2.69. The highest BCUT2D eigenvalue weighted by Gasteiger charge is 2.23. The number of hydrogen-bond acceptors (Lipinski definition) is 4. The summed E-state index contributed by atoms with van der Waals surface area (Å²) < 4.78 is 10.8. The predicted molar refractivity (Wildman–Crippen MR) is 115 cm³/mol. The zero-order chi connectivity index (χ0) is 20.8. The molecule has 0 atom stereocenters. The maximum absolute atomic E-state index is 11.5. The zero-order valence-electron chi connectivity index (χ0n) is 18.4. The van der Waals surface area contributed by atoms with E-state index < -0.39 is 0 Å². The molecule has 28 heavy (non-hydrogen) atoms. The number of nitrogens with two attached hydrogens (primary N) is 1. The fourth-order valence-electron chi connectivity index (χ4n) is 4.26. The molecule has 1 amide bonds. The Bertz CT molecular complexity index is 431. The Kier molecular flexibility index (Phi) is 13.4. The van der Waals surface area contributed by atoms with Gasteiger partial charge in [-0.2, -0.15) is 0 Å². The van der Waals surface area contributed by atoms with Crippen LogP contribution in [0.1, 0.15) is 85.9 Å². The first-order valence-corrected chi connectivity index (χ1v) is 11.3. The molecule has 5 nitrogen and oxygen atoms in total. The van der Waals surface area contributed by atoms with Crippen LogP contribution in [0, 0.1) is 23.7 Å². The molecule has 166 valence electrons. The Balaban J connectivity index is 0.000000568. The van der Waals surface area contributed by atoms with Crippen LogP contribution in [0.15, 0.2) is 0 Å². The molecule has 0 spiro atoms. The summed E-state index contributed by atoms with van der Waals surface area (Å²) in [5.74, 6) is 2.34. The third-order valence-electron chi connectivity index (χ3n) is 6.01. The summed E-state index contributed by atoms with van der Waals surface area (Å²) in [5, 5.41) is 0. The van der Waals surface area contributed by atoms with Crippen LogP contribution in [0.2, 0.25) is 0 Å². The van der Waals surface area contributed by atoms with Gasteiger partial charge in [0.05, 0.1) is 0 Å². The molecular formula is C23H45NO4. The molecule has 5 heteroatoms. The molecule has 2 aliphatic rings. The number of hydrogen-bond donors (Lipinski definition) is 1. The molecule has 0 aromatic carbocycles. The van der Waals surface area contributed by atoms with Crippen molar-refractivity contribution in [3.63, 3.8) is 0 Å². The largest absolute Gasteiger partial charge is 0.384 e. The van der Waals surface area contributed by atoms with Gasteiger partial charge in [-0.15, -0.1) is 0 Å². The van der Waals surface area contributed by atoms with Crippen molar-refractivity contribution in [2.24, 2.45) is 29.4 Å². The first-order chi connectivity index (χ1) is 13.4. The van der Waals surface area contributed by atoms with Crippen LogP contribution in [-0.4, -0.2) is 38.6 Å². The van der Waals surface area contributed by atoms with Crippen molar-refractivity contribution in [1.29, 1.82) is 0 Å². The molecule has 0 heterocycles. The van der Waals surface area contributed by atoms with Crippen molar-refractivity contribution < 1.29 is 20.5 Å². The van der Waals surface area contributed by atoms with Crippen LogP contribution < -0.4 is 5.73 Å². The maximum Gasteiger partial charge on any atom is 0.217 e. The van der Waals surface area contributed by atoms with E-state index in [1.165, 1.54) is 44.9 Å². The normalized spacial score (nSPS) is 23.1. The van der Waals surface area contributed by atoms with Crippen molar-refractivity contribution in [3.8, 4) is 0 Å². The summed E-state index contributed by atoms with van der Waals surface area (Å²) in [6.45, 7) is 6.40. The lowest BCUT2D eigenvalue weighted by molar-refractivity contribution is -0.126. The van der Waals surface area contributed by atoms with Crippen molar-refractivity contribution in [1.82, 2.24) is 0 Å². The van der Waals surface area contributed by atoms with Crippen molar-refractivity contribution in [3.05, 3.63) is 0 Å². The number of Topliss-reactive ketones (excluding diaryl/α,β-unsaturated/α-hetero) is 1. The molecule has 0 aliphatic heterocycles. The van der Waals surface area contributed by atoms with Crippen LogP contribution in [0.3, 0.4) is 0 Å². The number of carbonyl (C=O) groups is 2. The Morgan fingerprint density at radius 2 is 1.54 bits per heavy atom. The van der Waals surface area contributed by atoms with Crippen molar-refractivity contribution >= 4 is 11.7 Å². The summed E-state index contributed by atoms with van der Waals surface area (Å²) in [4.78, 5) is 22.0. The quantitative estimate of drug-likeness (QED) is 0.537. The molecule has 2 fully saturated rings. The first kappa shape index (κ1) is 25.1. The fourth-order valence-corrected chi connectivity index (χ4v) is 4.26. The van der Waals surface area contributed by atoms with E-state index in [0.717, 1.165) is 38.4 Å². The van der Waals surface area contributed by atoms with E-state index in [1.54, 1.807) is 7.11 Å². The molecule has 2 rings (SSSR count). The second-order valence-electron chi connectivity index (χ2n) is 8.88. The first-order valence-electron chi connectivity index (χ1n) is 11.3. The fraction of sp³-hybridized carbons (Fsp3) is 0.913. The smallest absolute Gasteiger partial charge is 0.217 e. The van der Waals surface area contributed by atoms with E-state index in [4.69, 9.17) is 15.2 Å². The highest BCUT2D eigenvalue weighted by Crippen LogP contribution is 2.29. The molecule has 0 radical (unpaired) electrons.